The molecule has 1 spiro atoms. The zero-order chi connectivity index (χ0) is 40.9. The number of rotatable bonds is 5. The molecule has 3 heteroatoms. The van der Waals surface area contributed by atoms with Gasteiger partial charge in [-0.15, -0.1) is 5.73 Å². The van der Waals surface area contributed by atoms with Crippen molar-refractivity contribution in [2.45, 2.75) is 43.9 Å². The molecular formula is C59H47N3. The van der Waals surface area contributed by atoms with Gasteiger partial charge in [0, 0.05) is 49.4 Å². The van der Waals surface area contributed by atoms with E-state index in [0.717, 1.165) is 17.8 Å². The molecule has 0 N–H and O–H groups in total. The van der Waals surface area contributed by atoms with Crippen molar-refractivity contribution in [1.82, 2.24) is 9.13 Å². The molecule has 14 rings (SSSR count). The van der Waals surface area contributed by atoms with E-state index in [9.17, 15) is 0 Å². The average molecular weight is 798 g/mol. The Balaban J connectivity index is 1.10. The molecule has 1 aliphatic heterocycles. The zero-order valence-corrected chi connectivity index (χ0v) is 34.8. The van der Waals surface area contributed by atoms with Gasteiger partial charge in [0.1, 0.15) is 0 Å². The zero-order valence-electron chi connectivity index (χ0n) is 34.8. The van der Waals surface area contributed by atoms with Crippen molar-refractivity contribution in [2.24, 2.45) is 17.8 Å². The number of nitrogens with zero attached hydrogens (tertiary/aromatic N) is 3. The Morgan fingerprint density at radius 3 is 2.02 bits per heavy atom. The lowest BCUT2D eigenvalue weighted by Crippen LogP contribution is -2.41. The summed E-state index contributed by atoms with van der Waals surface area (Å²) in [6.45, 7) is 4.04. The smallest absolute Gasteiger partial charge is 0.0600 e. The van der Waals surface area contributed by atoms with E-state index in [2.05, 4.69) is 208 Å². The maximum absolute atomic E-state index is 4.04. The van der Waals surface area contributed by atoms with Crippen LogP contribution in [-0.4, -0.2) is 9.13 Å². The van der Waals surface area contributed by atoms with Gasteiger partial charge in [-0.3, -0.25) is 0 Å². The first-order valence-electron chi connectivity index (χ1n) is 22.6. The van der Waals surface area contributed by atoms with E-state index in [1.165, 1.54) is 115 Å². The number of benzene rings is 8. The minimum Gasteiger partial charge on any atom is -0.309 e. The monoisotopic (exact) mass is 797 g/mol. The van der Waals surface area contributed by atoms with Crippen molar-refractivity contribution in [3.8, 4) is 11.4 Å². The summed E-state index contributed by atoms with van der Waals surface area (Å²) in [6, 6.07) is 66.1. The van der Waals surface area contributed by atoms with Crippen LogP contribution in [0.15, 0.2) is 194 Å². The van der Waals surface area contributed by atoms with Crippen LogP contribution in [0.2, 0.25) is 0 Å². The topological polar surface area (TPSA) is 13.1 Å². The molecular weight excluding hydrogens is 751 g/mol. The van der Waals surface area contributed by atoms with Gasteiger partial charge in [0.2, 0.25) is 0 Å². The fourth-order valence-electron chi connectivity index (χ4n) is 12.8. The maximum atomic E-state index is 4.04. The third-order valence-electron chi connectivity index (χ3n) is 15.2. The highest BCUT2D eigenvalue weighted by Crippen LogP contribution is 2.59. The Morgan fingerprint density at radius 2 is 1.24 bits per heavy atom. The third kappa shape index (κ3) is 5.12. The van der Waals surface area contributed by atoms with Gasteiger partial charge in [-0.25, -0.2) is 0 Å². The number of aromatic nitrogens is 2. The van der Waals surface area contributed by atoms with E-state index in [1.54, 1.807) is 0 Å². The standard InChI is InChI=1S/C59H47N3/c1-2-14-39-35-40-27-28-43(36-39)59(37-40)38-42-16-4-9-22-51(42)62-55-25-12-8-21-49(55)57-56(34-33-50(59)58(57)62)61(52-26-13-17-41-15-3-5-18-46(41)52)45-31-29-44(30-32-45)60-53-23-10-6-19-47(53)48-20-7-11-24-54(48)60/h3-26,29-34,39-40,43H,1,27-28,35-38H2/t39-,40?,43+,59?/m1/s1. The van der Waals surface area contributed by atoms with Gasteiger partial charge in [0.15, 0.2) is 0 Å². The van der Waals surface area contributed by atoms with E-state index >= 15 is 0 Å². The van der Waals surface area contributed by atoms with Crippen LogP contribution in [0.4, 0.5) is 17.1 Å². The van der Waals surface area contributed by atoms with Gasteiger partial charge in [-0.05, 0) is 133 Å². The molecule has 4 atom stereocenters. The molecule has 0 radical (unpaired) electrons. The Bertz CT molecular complexity index is 3410. The van der Waals surface area contributed by atoms with Crippen molar-refractivity contribution in [1.29, 1.82) is 0 Å². The van der Waals surface area contributed by atoms with Crippen molar-refractivity contribution in [3.63, 3.8) is 0 Å². The predicted molar refractivity (Wildman–Crippen MR) is 260 cm³/mol. The minimum atomic E-state index is 0.0242. The number of fused-ring (bicyclic) bond motifs is 12. The number of anilines is 3. The molecule has 8 aromatic carbocycles. The van der Waals surface area contributed by atoms with E-state index in [1.807, 2.05) is 0 Å². The molecule has 62 heavy (non-hydrogen) atoms. The number of hydrogen-bond donors (Lipinski definition) is 0. The van der Waals surface area contributed by atoms with Gasteiger partial charge in [0.05, 0.1) is 33.4 Å². The Hall–Kier alpha value is -7.06. The highest BCUT2D eigenvalue weighted by molar-refractivity contribution is 6.19. The quantitative estimate of drug-likeness (QED) is 0.158. The van der Waals surface area contributed by atoms with Crippen LogP contribution >= 0.6 is 0 Å². The molecule has 3 nitrogen and oxygen atoms in total. The summed E-state index contributed by atoms with van der Waals surface area (Å²) in [5.41, 5.74) is 17.3. The van der Waals surface area contributed by atoms with Crippen LogP contribution in [0.25, 0.3) is 65.8 Å². The summed E-state index contributed by atoms with van der Waals surface area (Å²) in [6.07, 6.45) is 9.62. The summed E-state index contributed by atoms with van der Waals surface area (Å²) in [5, 5.41) is 7.64. The van der Waals surface area contributed by atoms with Gasteiger partial charge in [0.25, 0.3) is 0 Å². The molecule has 3 fully saturated rings. The number of hydrogen-bond acceptors (Lipinski definition) is 1. The average Bonchev–Trinajstić information content (AvgIpc) is 3.64. The van der Waals surface area contributed by atoms with Gasteiger partial charge in [-0.2, -0.15) is 0 Å². The van der Waals surface area contributed by atoms with Crippen LogP contribution in [0.3, 0.4) is 0 Å². The SMILES string of the molecule is C=C=C[C@@H]1CC2CC[C@@H](C1)C1(Cc3ccccc3-n3c4ccccc4c4c(N(c5ccc(-n6c7ccccc7c7ccccc76)cc5)c5cccc6ccccc56)ccc1c43)C2. The molecule has 3 aliphatic carbocycles. The van der Waals surface area contributed by atoms with Crippen molar-refractivity contribution < 1.29 is 0 Å². The number of allylic oxidation sites excluding steroid dienone is 1. The van der Waals surface area contributed by atoms with Crippen molar-refractivity contribution in [3.05, 3.63) is 205 Å². The van der Waals surface area contributed by atoms with Crippen molar-refractivity contribution >= 4 is 71.4 Å². The van der Waals surface area contributed by atoms with Crippen LogP contribution in [0.1, 0.15) is 43.2 Å². The summed E-state index contributed by atoms with van der Waals surface area (Å²) < 4.78 is 5.07. The first kappa shape index (κ1) is 35.7. The van der Waals surface area contributed by atoms with Crippen LogP contribution in [0.5, 0.6) is 0 Å². The summed E-state index contributed by atoms with van der Waals surface area (Å²) in [7, 11) is 0. The fraction of sp³-hybridized carbons (Fsp3) is 0.169. The first-order chi connectivity index (χ1) is 30.7. The Kier molecular flexibility index (Phi) is 7.90. The normalized spacial score (nSPS) is 20.4. The first-order valence-corrected chi connectivity index (χ1v) is 22.6. The van der Waals surface area contributed by atoms with Crippen molar-refractivity contribution in [2.75, 3.05) is 4.90 Å². The predicted octanol–water partition coefficient (Wildman–Crippen LogP) is 15.5. The molecule has 2 aromatic heterocycles. The van der Waals surface area contributed by atoms with Crippen LogP contribution in [0, 0.1) is 17.8 Å². The van der Waals surface area contributed by atoms with Gasteiger partial charge in [-0.1, -0.05) is 128 Å². The summed E-state index contributed by atoms with van der Waals surface area (Å²) in [4.78, 5) is 2.56. The van der Waals surface area contributed by atoms with E-state index in [-0.39, 0.29) is 5.41 Å². The van der Waals surface area contributed by atoms with E-state index in [4.69, 9.17) is 0 Å². The second-order valence-corrected chi connectivity index (χ2v) is 18.3. The van der Waals surface area contributed by atoms with E-state index in [0.29, 0.717) is 17.8 Å². The lowest BCUT2D eigenvalue weighted by molar-refractivity contribution is 0.155. The molecule has 2 bridgehead atoms. The molecule has 10 aromatic rings. The maximum Gasteiger partial charge on any atom is 0.0600 e. The lowest BCUT2D eigenvalue weighted by atomic mass is 9.58. The lowest BCUT2D eigenvalue weighted by Gasteiger charge is -2.46. The van der Waals surface area contributed by atoms with Crippen LogP contribution in [-0.2, 0) is 11.8 Å². The highest BCUT2D eigenvalue weighted by atomic mass is 15.2. The summed E-state index contributed by atoms with van der Waals surface area (Å²) >= 11 is 0. The minimum absolute atomic E-state index is 0.0242. The van der Waals surface area contributed by atoms with Crippen LogP contribution < -0.4 is 4.90 Å². The highest BCUT2D eigenvalue weighted by Gasteiger charge is 2.51. The molecule has 2 unspecified atom stereocenters. The summed E-state index contributed by atoms with van der Waals surface area (Å²) in [5.74, 6) is 1.79. The Labute approximate surface area is 362 Å². The molecule has 3 heterocycles. The molecule has 0 saturated heterocycles. The molecule has 4 aliphatic rings. The third-order valence-corrected chi connectivity index (χ3v) is 15.2. The Morgan fingerprint density at radius 1 is 0.581 bits per heavy atom. The van der Waals surface area contributed by atoms with E-state index < -0.39 is 0 Å². The molecule has 0 amide bonds. The molecule has 3 saturated carbocycles. The van der Waals surface area contributed by atoms with Gasteiger partial charge < -0.3 is 14.0 Å². The second-order valence-electron chi connectivity index (χ2n) is 18.3. The molecule has 298 valence electrons. The fourth-order valence-corrected chi connectivity index (χ4v) is 12.8. The second kappa shape index (κ2) is 13.7. The van der Waals surface area contributed by atoms with Gasteiger partial charge >= 0.3 is 0 Å². The number of para-hydroxylation sites is 4. The largest absolute Gasteiger partial charge is 0.309 e.